The van der Waals surface area contributed by atoms with Gasteiger partial charge >= 0.3 is 0 Å². The molecule has 3 rings (SSSR count). The number of methoxy groups -OCH3 is 1. The van der Waals surface area contributed by atoms with Crippen LogP contribution in [0.2, 0.25) is 0 Å². The molecule has 116 valence electrons. The minimum atomic E-state index is -0.426. The largest absolute Gasteiger partial charge is 0.479 e. The van der Waals surface area contributed by atoms with Crippen LogP contribution in [0.1, 0.15) is 16.8 Å². The molecule has 1 aliphatic rings. The monoisotopic (exact) mass is 320 g/mol. The molecular formula is C15H17FN4OS. The Morgan fingerprint density at radius 2 is 2.23 bits per heavy atom. The van der Waals surface area contributed by atoms with Crippen molar-refractivity contribution in [3.63, 3.8) is 0 Å². The van der Waals surface area contributed by atoms with Crippen molar-refractivity contribution < 1.29 is 9.13 Å². The third-order valence-corrected chi connectivity index (χ3v) is 4.20. The highest BCUT2D eigenvalue weighted by Crippen LogP contribution is 2.21. The molecule has 0 radical (unpaired) electrons. The molecule has 0 saturated heterocycles. The van der Waals surface area contributed by atoms with Gasteiger partial charge in [-0.15, -0.1) is 0 Å². The Bertz CT molecular complexity index is 683. The fraction of sp³-hybridized carbons (Fsp3) is 0.400. The van der Waals surface area contributed by atoms with Gasteiger partial charge < -0.3 is 4.74 Å². The molecule has 0 atom stereocenters. The summed E-state index contributed by atoms with van der Waals surface area (Å²) in [6.45, 7) is 2.32. The standard InChI is InChI=1S/C15H17FN4OS/c1-21-14-12(16)5-10(6-17-14)8-20-4-3-13-11(9-20)7-18-15(19-13)22-2/h5-7H,3-4,8-9H2,1-2H3. The first-order valence-corrected chi connectivity index (χ1v) is 8.21. The van der Waals surface area contributed by atoms with E-state index in [1.165, 1.54) is 13.2 Å². The van der Waals surface area contributed by atoms with Gasteiger partial charge in [0.25, 0.3) is 0 Å². The summed E-state index contributed by atoms with van der Waals surface area (Å²) in [5.74, 6) is -0.393. The smallest absolute Gasteiger partial charge is 0.250 e. The van der Waals surface area contributed by atoms with Crippen LogP contribution in [0, 0.1) is 5.82 Å². The van der Waals surface area contributed by atoms with Crippen molar-refractivity contribution >= 4 is 11.8 Å². The zero-order valence-electron chi connectivity index (χ0n) is 12.5. The zero-order valence-corrected chi connectivity index (χ0v) is 13.4. The lowest BCUT2D eigenvalue weighted by Gasteiger charge is -2.27. The summed E-state index contributed by atoms with van der Waals surface area (Å²) in [6.07, 6.45) is 6.41. The molecule has 1 aliphatic heterocycles. The highest BCUT2D eigenvalue weighted by atomic mass is 32.2. The number of nitrogens with zero attached hydrogens (tertiary/aromatic N) is 4. The van der Waals surface area contributed by atoms with E-state index in [-0.39, 0.29) is 5.88 Å². The summed E-state index contributed by atoms with van der Waals surface area (Å²) < 4.78 is 18.5. The van der Waals surface area contributed by atoms with Gasteiger partial charge in [0, 0.05) is 44.0 Å². The third-order valence-electron chi connectivity index (χ3n) is 3.64. The van der Waals surface area contributed by atoms with Gasteiger partial charge in [-0.2, -0.15) is 0 Å². The van der Waals surface area contributed by atoms with E-state index in [4.69, 9.17) is 4.74 Å². The Kier molecular flexibility index (Phi) is 4.54. The van der Waals surface area contributed by atoms with Crippen molar-refractivity contribution in [1.29, 1.82) is 0 Å². The fourth-order valence-corrected chi connectivity index (χ4v) is 2.91. The van der Waals surface area contributed by atoms with Crippen LogP contribution < -0.4 is 4.74 Å². The molecule has 0 N–H and O–H groups in total. The van der Waals surface area contributed by atoms with Crippen molar-refractivity contribution in [2.75, 3.05) is 19.9 Å². The number of pyridine rings is 1. The Labute approximate surface area is 132 Å². The van der Waals surface area contributed by atoms with Gasteiger partial charge in [0.2, 0.25) is 5.88 Å². The molecule has 22 heavy (non-hydrogen) atoms. The van der Waals surface area contributed by atoms with Crippen LogP contribution in [0.15, 0.2) is 23.6 Å². The van der Waals surface area contributed by atoms with Crippen LogP contribution in [0.4, 0.5) is 4.39 Å². The molecular weight excluding hydrogens is 303 g/mol. The molecule has 2 aromatic rings. The van der Waals surface area contributed by atoms with Crippen molar-refractivity contribution in [3.8, 4) is 5.88 Å². The molecule has 2 aromatic heterocycles. The molecule has 0 amide bonds. The highest BCUT2D eigenvalue weighted by molar-refractivity contribution is 7.98. The van der Waals surface area contributed by atoms with Crippen molar-refractivity contribution in [2.24, 2.45) is 0 Å². The van der Waals surface area contributed by atoms with Crippen molar-refractivity contribution in [3.05, 3.63) is 41.1 Å². The van der Waals surface area contributed by atoms with Crippen LogP contribution in [0.5, 0.6) is 5.88 Å². The predicted molar refractivity (Wildman–Crippen MR) is 82.4 cm³/mol. The third kappa shape index (κ3) is 3.20. The summed E-state index contributed by atoms with van der Waals surface area (Å²) >= 11 is 1.55. The maximum Gasteiger partial charge on any atom is 0.250 e. The lowest BCUT2D eigenvalue weighted by atomic mass is 10.1. The summed E-state index contributed by atoms with van der Waals surface area (Å²) in [7, 11) is 1.41. The average Bonchev–Trinajstić information content (AvgIpc) is 2.54. The summed E-state index contributed by atoms with van der Waals surface area (Å²) in [6, 6.07) is 1.48. The van der Waals surface area contributed by atoms with Gasteiger partial charge in [-0.3, -0.25) is 4.90 Å². The molecule has 5 nitrogen and oxygen atoms in total. The van der Waals surface area contributed by atoms with Gasteiger partial charge in [-0.25, -0.2) is 19.3 Å². The van der Waals surface area contributed by atoms with Crippen molar-refractivity contribution in [2.45, 2.75) is 24.7 Å². The quantitative estimate of drug-likeness (QED) is 0.636. The first-order chi connectivity index (χ1) is 10.7. The second-order valence-corrected chi connectivity index (χ2v) is 5.90. The fourth-order valence-electron chi connectivity index (χ4n) is 2.55. The minimum Gasteiger partial charge on any atom is -0.479 e. The minimum absolute atomic E-state index is 0.0331. The van der Waals surface area contributed by atoms with E-state index in [9.17, 15) is 4.39 Å². The van der Waals surface area contributed by atoms with Crippen molar-refractivity contribution in [1.82, 2.24) is 19.9 Å². The second-order valence-electron chi connectivity index (χ2n) is 5.12. The van der Waals surface area contributed by atoms with Gasteiger partial charge in [0.05, 0.1) is 12.8 Å². The number of hydrogen-bond donors (Lipinski definition) is 0. The SMILES string of the molecule is COc1ncc(CN2CCc3nc(SC)ncc3C2)cc1F. The summed E-state index contributed by atoms with van der Waals surface area (Å²) in [5, 5.41) is 0.814. The first kappa shape index (κ1) is 15.2. The maximum absolute atomic E-state index is 13.7. The molecule has 7 heteroatoms. The molecule has 0 aromatic carbocycles. The van der Waals surface area contributed by atoms with Crippen LogP contribution in [-0.4, -0.2) is 39.8 Å². The van der Waals surface area contributed by atoms with Gasteiger partial charge in [0.15, 0.2) is 11.0 Å². The number of halogens is 1. The van der Waals surface area contributed by atoms with Gasteiger partial charge in [0.1, 0.15) is 0 Å². The van der Waals surface area contributed by atoms with Gasteiger partial charge in [-0.05, 0) is 17.9 Å². The normalized spacial score (nSPS) is 14.7. The van der Waals surface area contributed by atoms with E-state index < -0.39 is 5.82 Å². The van der Waals surface area contributed by atoms with E-state index >= 15 is 0 Å². The molecule has 0 aliphatic carbocycles. The average molecular weight is 320 g/mol. The van der Waals surface area contributed by atoms with Gasteiger partial charge in [-0.1, -0.05) is 11.8 Å². The predicted octanol–water partition coefficient (Wildman–Crippen LogP) is 2.30. The Hall–Kier alpha value is -1.73. The summed E-state index contributed by atoms with van der Waals surface area (Å²) in [4.78, 5) is 15.1. The number of fused-ring (bicyclic) bond motifs is 1. The maximum atomic E-state index is 13.7. The van der Waals surface area contributed by atoms with E-state index in [0.717, 1.165) is 41.5 Å². The molecule has 0 bridgehead atoms. The van der Waals surface area contributed by atoms with Crippen LogP contribution >= 0.6 is 11.8 Å². The second kappa shape index (κ2) is 6.58. The summed E-state index contributed by atoms with van der Waals surface area (Å²) in [5.41, 5.74) is 3.10. The van der Waals surface area contributed by atoms with E-state index in [1.807, 2.05) is 12.5 Å². The van der Waals surface area contributed by atoms with E-state index in [1.54, 1.807) is 18.0 Å². The topological polar surface area (TPSA) is 51.1 Å². The highest BCUT2D eigenvalue weighted by Gasteiger charge is 2.19. The zero-order chi connectivity index (χ0) is 15.5. The number of ether oxygens (including phenoxy) is 1. The number of aromatic nitrogens is 3. The molecule has 0 saturated carbocycles. The number of hydrogen-bond acceptors (Lipinski definition) is 6. The lowest BCUT2D eigenvalue weighted by molar-refractivity contribution is 0.241. The Morgan fingerprint density at radius 3 is 2.95 bits per heavy atom. The molecule has 3 heterocycles. The first-order valence-electron chi connectivity index (χ1n) is 6.99. The van der Waals surface area contributed by atoms with E-state index in [2.05, 4.69) is 19.9 Å². The number of thioether (sulfide) groups is 1. The number of rotatable bonds is 4. The molecule has 0 fully saturated rings. The molecule has 0 spiro atoms. The Morgan fingerprint density at radius 1 is 1.36 bits per heavy atom. The Balaban J connectivity index is 1.71. The lowest BCUT2D eigenvalue weighted by Crippen LogP contribution is -2.31. The van der Waals surface area contributed by atoms with E-state index in [0.29, 0.717) is 6.54 Å². The van der Waals surface area contributed by atoms with Crippen LogP contribution in [-0.2, 0) is 19.5 Å². The molecule has 0 unspecified atom stereocenters. The van der Waals surface area contributed by atoms with Crippen LogP contribution in [0.3, 0.4) is 0 Å². The van der Waals surface area contributed by atoms with Crippen LogP contribution in [0.25, 0.3) is 0 Å².